The second-order valence-electron chi connectivity index (χ2n) is 7.25. The van der Waals surface area contributed by atoms with Gasteiger partial charge in [0.05, 0.1) is 4.90 Å². The summed E-state index contributed by atoms with van der Waals surface area (Å²) in [6.07, 6.45) is 4.59. The number of benzene rings is 2. The third-order valence-electron chi connectivity index (χ3n) is 5.20. The molecule has 7 heteroatoms. The second kappa shape index (κ2) is 8.25. The van der Waals surface area contributed by atoms with Crippen LogP contribution in [0.25, 0.3) is 10.9 Å². The molecule has 1 atom stereocenters. The normalized spacial score (nSPS) is 15.4. The molecular formula is C22H21BrClNO3S. The topological polar surface area (TPSA) is 56.3 Å². The van der Waals surface area contributed by atoms with Gasteiger partial charge in [-0.25, -0.2) is 8.42 Å². The number of alkyl halides is 1. The van der Waals surface area contributed by atoms with Gasteiger partial charge in [-0.05, 0) is 73.6 Å². The van der Waals surface area contributed by atoms with E-state index in [0.717, 1.165) is 40.2 Å². The molecule has 0 spiro atoms. The summed E-state index contributed by atoms with van der Waals surface area (Å²) in [5, 5.41) is 0.959. The Labute approximate surface area is 184 Å². The van der Waals surface area contributed by atoms with Crippen LogP contribution in [0, 0.1) is 0 Å². The fourth-order valence-corrected chi connectivity index (χ4v) is 5.08. The fourth-order valence-electron chi connectivity index (χ4n) is 3.49. The highest BCUT2D eigenvalue weighted by atomic mass is 79.9. The molecule has 1 aliphatic carbocycles. The smallest absolute Gasteiger partial charge is 0.215 e. The van der Waals surface area contributed by atoms with E-state index >= 15 is 0 Å². The zero-order valence-corrected chi connectivity index (χ0v) is 19.1. The number of aromatic nitrogens is 1. The molecule has 2 aromatic carbocycles. The van der Waals surface area contributed by atoms with Crippen molar-refractivity contribution >= 4 is 48.3 Å². The van der Waals surface area contributed by atoms with Gasteiger partial charge in [0.2, 0.25) is 15.3 Å². The molecule has 3 aromatic rings. The Hall–Kier alpha value is -1.63. The molecule has 1 heterocycles. The van der Waals surface area contributed by atoms with Crippen molar-refractivity contribution in [3.05, 3.63) is 64.3 Å². The van der Waals surface area contributed by atoms with Gasteiger partial charge in [-0.3, -0.25) is 4.98 Å². The molecule has 1 aliphatic rings. The van der Waals surface area contributed by atoms with Gasteiger partial charge in [-0.2, -0.15) is 0 Å². The Kier molecular flexibility index (Phi) is 5.87. The maximum atomic E-state index is 13.1. The molecule has 4 nitrogen and oxygen atoms in total. The molecule has 0 aliphatic heterocycles. The van der Waals surface area contributed by atoms with E-state index in [1.165, 1.54) is 0 Å². The molecule has 0 N–H and O–H groups in total. The van der Waals surface area contributed by atoms with Crippen molar-refractivity contribution in [3.8, 4) is 5.75 Å². The largest absolute Gasteiger partial charge is 0.472 e. The molecule has 1 saturated carbocycles. The first-order valence-electron chi connectivity index (χ1n) is 9.54. The quantitative estimate of drug-likeness (QED) is 0.386. The highest BCUT2D eigenvalue weighted by molar-refractivity contribution is 9.10. The first-order chi connectivity index (χ1) is 13.9. The van der Waals surface area contributed by atoms with Crippen molar-refractivity contribution in [2.24, 2.45) is 0 Å². The lowest BCUT2D eigenvalue weighted by Gasteiger charge is -2.21. The van der Waals surface area contributed by atoms with Crippen molar-refractivity contribution in [2.75, 3.05) is 5.88 Å². The summed E-state index contributed by atoms with van der Waals surface area (Å²) >= 11 is 9.35. The highest BCUT2D eigenvalue weighted by Gasteiger charge is 2.32. The Balaban J connectivity index is 1.78. The minimum absolute atomic E-state index is 0.234. The van der Waals surface area contributed by atoms with E-state index in [9.17, 15) is 8.42 Å². The van der Waals surface area contributed by atoms with Crippen LogP contribution in [0.15, 0.2) is 58.0 Å². The summed E-state index contributed by atoms with van der Waals surface area (Å²) < 4.78 is 33.1. The number of hydrogen-bond acceptors (Lipinski definition) is 4. The number of sulfone groups is 1. The zero-order chi connectivity index (χ0) is 20.6. The molecule has 1 fully saturated rings. The van der Waals surface area contributed by atoms with Crippen molar-refractivity contribution in [1.29, 1.82) is 0 Å². The van der Waals surface area contributed by atoms with Gasteiger partial charge in [0.15, 0.2) is 5.75 Å². The van der Waals surface area contributed by atoms with Crippen molar-refractivity contribution < 1.29 is 13.2 Å². The molecule has 1 aromatic heterocycles. The maximum absolute atomic E-state index is 13.1. The molecule has 0 saturated heterocycles. The van der Waals surface area contributed by atoms with Crippen molar-refractivity contribution in [3.63, 3.8) is 0 Å². The van der Waals surface area contributed by atoms with Gasteiger partial charge in [-0.1, -0.05) is 28.1 Å². The third-order valence-corrected chi connectivity index (χ3v) is 7.82. The van der Waals surface area contributed by atoms with Gasteiger partial charge in [0.1, 0.15) is 5.52 Å². The molecule has 4 rings (SSSR count). The minimum Gasteiger partial charge on any atom is -0.472 e. The van der Waals surface area contributed by atoms with Crippen LogP contribution in [0.5, 0.6) is 5.75 Å². The predicted octanol–water partition coefficient (Wildman–Crippen LogP) is 5.85. The number of fused-ring (bicyclic) bond motifs is 1. The third kappa shape index (κ3) is 4.16. The Morgan fingerprint density at radius 3 is 2.62 bits per heavy atom. The van der Waals surface area contributed by atoms with E-state index in [4.69, 9.17) is 16.3 Å². The number of pyridine rings is 1. The summed E-state index contributed by atoms with van der Waals surface area (Å²) in [5.41, 5.74) is 1.83. The number of nitrogens with zero attached hydrogens (tertiary/aromatic N) is 1. The second-order valence-corrected chi connectivity index (χ2v) is 10.8. The van der Waals surface area contributed by atoms with Gasteiger partial charge in [0.25, 0.3) is 0 Å². The van der Waals surface area contributed by atoms with Gasteiger partial charge >= 0.3 is 0 Å². The fraction of sp³-hybridized carbons (Fsp3) is 0.318. The SMILES string of the molecule is CC(Oc1c(C2CC2)cc(CCCl)c2cccnc12)S(=O)(=O)c1ccc(Br)cc1. The van der Waals surface area contributed by atoms with Crippen molar-refractivity contribution in [2.45, 2.75) is 42.4 Å². The lowest BCUT2D eigenvalue weighted by Crippen LogP contribution is -2.25. The van der Waals surface area contributed by atoms with Gasteiger partial charge in [0, 0.05) is 21.9 Å². The molecule has 0 radical (unpaired) electrons. The Morgan fingerprint density at radius 1 is 1.24 bits per heavy atom. The number of halogens is 2. The van der Waals surface area contributed by atoms with E-state index in [2.05, 4.69) is 27.0 Å². The number of hydrogen-bond donors (Lipinski definition) is 0. The predicted molar refractivity (Wildman–Crippen MR) is 120 cm³/mol. The van der Waals surface area contributed by atoms with E-state index in [1.54, 1.807) is 37.4 Å². The lowest BCUT2D eigenvalue weighted by molar-refractivity contribution is 0.292. The monoisotopic (exact) mass is 493 g/mol. The van der Waals surface area contributed by atoms with E-state index < -0.39 is 15.3 Å². The van der Waals surface area contributed by atoms with Crippen molar-refractivity contribution in [1.82, 2.24) is 4.98 Å². The van der Waals surface area contributed by atoms with Crippen LogP contribution >= 0.6 is 27.5 Å². The highest BCUT2D eigenvalue weighted by Crippen LogP contribution is 2.47. The average molecular weight is 495 g/mol. The minimum atomic E-state index is -3.66. The summed E-state index contributed by atoms with van der Waals surface area (Å²) in [7, 11) is -3.66. The standard InChI is InChI=1S/C22H21BrClNO3S/c1-14(29(26,27)18-8-6-17(23)7-9-18)28-22-20(15-4-5-15)13-16(10-11-24)19-3-2-12-25-21(19)22/h2-3,6-9,12-15H,4-5,10-11H2,1H3. The van der Waals surface area contributed by atoms with Crippen LogP contribution in [0.2, 0.25) is 0 Å². The molecule has 0 amide bonds. The Morgan fingerprint density at radius 2 is 1.97 bits per heavy atom. The lowest BCUT2D eigenvalue weighted by atomic mass is 9.98. The number of ether oxygens (including phenoxy) is 1. The van der Waals surface area contributed by atoms with Crippen LogP contribution in [0.4, 0.5) is 0 Å². The van der Waals surface area contributed by atoms with E-state index in [1.807, 2.05) is 12.1 Å². The van der Waals surface area contributed by atoms with E-state index in [0.29, 0.717) is 23.1 Å². The van der Waals surface area contributed by atoms with Crippen LogP contribution in [0.3, 0.4) is 0 Å². The molecule has 1 unspecified atom stereocenters. The molecular weight excluding hydrogens is 474 g/mol. The summed E-state index contributed by atoms with van der Waals surface area (Å²) in [6.45, 7) is 1.58. The summed E-state index contributed by atoms with van der Waals surface area (Å²) in [4.78, 5) is 4.78. The zero-order valence-electron chi connectivity index (χ0n) is 15.9. The Bertz CT molecular complexity index is 1140. The first-order valence-corrected chi connectivity index (χ1v) is 12.4. The van der Waals surface area contributed by atoms with Gasteiger partial charge < -0.3 is 4.74 Å². The number of rotatable bonds is 7. The first kappa shape index (κ1) is 20.6. The van der Waals surface area contributed by atoms with Crippen LogP contribution in [0.1, 0.15) is 36.8 Å². The van der Waals surface area contributed by atoms with Crippen LogP contribution in [-0.4, -0.2) is 24.7 Å². The van der Waals surface area contributed by atoms with Crippen LogP contribution in [-0.2, 0) is 16.3 Å². The van der Waals surface area contributed by atoms with Crippen LogP contribution < -0.4 is 4.74 Å². The summed E-state index contributed by atoms with van der Waals surface area (Å²) in [5.74, 6) is 1.48. The molecule has 152 valence electrons. The van der Waals surface area contributed by atoms with E-state index in [-0.39, 0.29) is 4.90 Å². The number of aryl methyl sites for hydroxylation is 1. The molecule has 0 bridgehead atoms. The molecule has 29 heavy (non-hydrogen) atoms. The maximum Gasteiger partial charge on any atom is 0.215 e. The summed E-state index contributed by atoms with van der Waals surface area (Å²) in [6, 6.07) is 12.6. The average Bonchev–Trinajstić information content (AvgIpc) is 3.55. The van der Waals surface area contributed by atoms with Gasteiger partial charge in [-0.15, -0.1) is 11.6 Å².